The van der Waals surface area contributed by atoms with Crippen LogP contribution in [0, 0.1) is 0 Å². The molecular weight excluding hydrogens is 172 g/mol. The summed E-state index contributed by atoms with van der Waals surface area (Å²) in [5.74, 6) is -1.38. The van der Waals surface area contributed by atoms with Gasteiger partial charge in [-0.25, -0.2) is 4.79 Å². The summed E-state index contributed by atoms with van der Waals surface area (Å²) >= 11 is 0. The Morgan fingerprint density at radius 3 is 2.92 bits per heavy atom. The molecule has 0 saturated carbocycles. The maximum absolute atomic E-state index is 11.3. The maximum atomic E-state index is 11.3. The summed E-state index contributed by atoms with van der Waals surface area (Å²) in [6, 6.07) is 0. The van der Waals surface area contributed by atoms with Gasteiger partial charge in [0.2, 0.25) is 0 Å². The first-order chi connectivity index (χ1) is 6.20. The number of carboxylic acid groups (broad SMARTS) is 1. The third kappa shape index (κ3) is 1.09. The Balaban J connectivity index is 2.56. The van der Waals surface area contributed by atoms with Crippen LogP contribution in [0.1, 0.15) is 12.8 Å². The quantitative estimate of drug-likeness (QED) is 0.651. The molecule has 1 heterocycles. The molecule has 0 atom stereocenters. The zero-order chi connectivity index (χ0) is 9.42. The van der Waals surface area contributed by atoms with Crippen LogP contribution in [-0.4, -0.2) is 16.9 Å². The van der Waals surface area contributed by atoms with Crippen molar-refractivity contribution < 1.29 is 14.7 Å². The second kappa shape index (κ2) is 2.62. The van der Waals surface area contributed by atoms with E-state index in [-0.39, 0.29) is 17.1 Å². The maximum Gasteiger partial charge on any atom is 0.357 e. The third-order valence-electron chi connectivity index (χ3n) is 1.94. The minimum Gasteiger partial charge on any atom is -0.476 e. The Labute approximate surface area is 73.5 Å². The van der Waals surface area contributed by atoms with Crippen molar-refractivity contribution in [1.29, 1.82) is 0 Å². The Morgan fingerprint density at radius 2 is 2.23 bits per heavy atom. The van der Waals surface area contributed by atoms with Crippen molar-refractivity contribution in [3.63, 3.8) is 0 Å². The van der Waals surface area contributed by atoms with Crippen molar-refractivity contribution in [2.45, 2.75) is 12.8 Å². The lowest BCUT2D eigenvalue weighted by Gasteiger charge is -2.06. The molecule has 0 spiro atoms. The number of ketones is 1. The van der Waals surface area contributed by atoms with E-state index in [0.717, 1.165) is 0 Å². The van der Waals surface area contributed by atoms with Gasteiger partial charge < -0.3 is 5.11 Å². The summed E-state index contributed by atoms with van der Waals surface area (Å²) < 4.78 is 0. The lowest BCUT2D eigenvalue weighted by Crippen LogP contribution is -2.11. The van der Waals surface area contributed by atoms with Crippen LogP contribution in [0.15, 0.2) is 33.3 Å². The summed E-state index contributed by atoms with van der Waals surface area (Å²) in [6.07, 6.45) is 2.69. The number of Topliss-reactive ketones (excluding diaryl/α,β-unsaturated/α-hetero) is 1. The summed E-state index contributed by atoms with van der Waals surface area (Å²) in [7, 11) is 0. The molecule has 5 heteroatoms. The minimum atomic E-state index is -1.20. The first kappa shape index (κ1) is 7.85. The predicted octanol–water partition coefficient (Wildman–Crippen LogP) is 1.04. The molecule has 13 heavy (non-hydrogen) atoms. The first-order valence-electron chi connectivity index (χ1n) is 3.83. The number of allylic oxidation sites excluding steroid dienone is 2. The number of fused-ring (bicyclic) bond motifs is 1. The minimum absolute atomic E-state index is 0.166. The fraction of sp³-hybridized carbons (Fsp3) is 0.250. The van der Waals surface area contributed by atoms with Gasteiger partial charge in [0.1, 0.15) is 0 Å². The van der Waals surface area contributed by atoms with E-state index in [0.29, 0.717) is 18.5 Å². The molecule has 5 nitrogen and oxygen atoms in total. The number of hydrogen-bond acceptors (Lipinski definition) is 4. The summed E-state index contributed by atoms with van der Waals surface area (Å²) in [5, 5.41) is 15.7. The van der Waals surface area contributed by atoms with Gasteiger partial charge in [-0.1, -0.05) is 6.08 Å². The monoisotopic (exact) mass is 178 g/mol. The molecule has 1 N–H and O–H groups in total. The Hall–Kier alpha value is -1.78. The largest absolute Gasteiger partial charge is 0.476 e. The van der Waals surface area contributed by atoms with Gasteiger partial charge in [-0.05, 0) is 6.42 Å². The summed E-state index contributed by atoms with van der Waals surface area (Å²) in [5.41, 5.74) is 0.350. The van der Waals surface area contributed by atoms with Gasteiger partial charge in [-0.2, -0.15) is 0 Å². The average Bonchev–Trinajstić information content (AvgIpc) is 2.49. The SMILES string of the molecule is O=C(O)C1=C2C(=O)CCC=C2N=N1. The highest BCUT2D eigenvalue weighted by Gasteiger charge is 2.30. The van der Waals surface area contributed by atoms with Crippen molar-refractivity contribution in [2.24, 2.45) is 10.2 Å². The number of carbonyl (C=O) groups is 2. The number of aliphatic carboxylic acids is 1. The van der Waals surface area contributed by atoms with E-state index in [1.54, 1.807) is 6.08 Å². The van der Waals surface area contributed by atoms with E-state index in [1.807, 2.05) is 0 Å². The van der Waals surface area contributed by atoms with Crippen LogP contribution in [0.4, 0.5) is 0 Å². The molecule has 1 aliphatic heterocycles. The number of azo groups is 1. The molecule has 2 aliphatic rings. The second-order valence-corrected chi connectivity index (χ2v) is 2.78. The summed E-state index contributed by atoms with van der Waals surface area (Å²) in [4.78, 5) is 21.9. The zero-order valence-corrected chi connectivity index (χ0v) is 6.65. The molecule has 0 aromatic heterocycles. The average molecular weight is 178 g/mol. The van der Waals surface area contributed by atoms with Crippen LogP contribution in [0.3, 0.4) is 0 Å². The summed E-state index contributed by atoms with van der Waals surface area (Å²) in [6.45, 7) is 0. The highest BCUT2D eigenvalue weighted by molar-refractivity contribution is 6.07. The van der Waals surface area contributed by atoms with Crippen molar-refractivity contribution >= 4 is 11.8 Å². The van der Waals surface area contributed by atoms with Crippen LogP contribution >= 0.6 is 0 Å². The molecule has 66 valence electrons. The topological polar surface area (TPSA) is 79.1 Å². The molecule has 0 radical (unpaired) electrons. The number of carboxylic acids is 1. The standard InChI is InChI=1S/C8H6N2O3/c11-5-3-1-2-4-6(5)7(8(12)13)10-9-4/h2H,1,3H2,(H,12,13). The van der Waals surface area contributed by atoms with Gasteiger partial charge in [-0.3, -0.25) is 4.79 Å². The van der Waals surface area contributed by atoms with Gasteiger partial charge in [-0.15, -0.1) is 10.2 Å². The predicted molar refractivity (Wildman–Crippen MR) is 41.8 cm³/mol. The smallest absolute Gasteiger partial charge is 0.357 e. The highest BCUT2D eigenvalue weighted by Crippen LogP contribution is 2.31. The van der Waals surface area contributed by atoms with Crippen molar-refractivity contribution in [1.82, 2.24) is 0 Å². The van der Waals surface area contributed by atoms with Gasteiger partial charge in [0.15, 0.2) is 11.5 Å². The lowest BCUT2D eigenvalue weighted by atomic mass is 9.96. The van der Waals surface area contributed by atoms with Crippen LogP contribution in [0.2, 0.25) is 0 Å². The number of carbonyl (C=O) groups excluding carboxylic acids is 1. The zero-order valence-electron chi connectivity index (χ0n) is 6.65. The first-order valence-corrected chi connectivity index (χ1v) is 3.83. The number of hydrogen-bond donors (Lipinski definition) is 1. The number of rotatable bonds is 1. The highest BCUT2D eigenvalue weighted by atomic mass is 16.4. The van der Waals surface area contributed by atoms with E-state index in [1.165, 1.54) is 0 Å². The van der Waals surface area contributed by atoms with Gasteiger partial charge in [0, 0.05) is 6.42 Å². The van der Waals surface area contributed by atoms with Crippen LogP contribution in [0.25, 0.3) is 0 Å². The van der Waals surface area contributed by atoms with E-state index in [4.69, 9.17) is 5.11 Å². The van der Waals surface area contributed by atoms with Crippen LogP contribution in [0.5, 0.6) is 0 Å². The molecular formula is C8H6N2O3. The molecule has 0 aromatic carbocycles. The molecule has 0 fully saturated rings. The van der Waals surface area contributed by atoms with E-state index in [9.17, 15) is 9.59 Å². The second-order valence-electron chi connectivity index (χ2n) is 2.78. The molecule has 0 unspecified atom stereocenters. The fourth-order valence-electron chi connectivity index (χ4n) is 1.36. The Morgan fingerprint density at radius 1 is 1.46 bits per heavy atom. The molecule has 0 amide bonds. The fourth-order valence-corrected chi connectivity index (χ4v) is 1.36. The Bertz CT molecular complexity index is 390. The molecule has 0 saturated heterocycles. The molecule has 0 aromatic rings. The normalized spacial score (nSPS) is 20.3. The number of nitrogens with zero attached hydrogens (tertiary/aromatic N) is 2. The van der Waals surface area contributed by atoms with Crippen LogP contribution < -0.4 is 0 Å². The lowest BCUT2D eigenvalue weighted by molar-refractivity contribution is -0.133. The van der Waals surface area contributed by atoms with E-state index < -0.39 is 5.97 Å². The van der Waals surface area contributed by atoms with E-state index >= 15 is 0 Å². The van der Waals surface area contributed by atoms with Crippen molar-refractivity contribution in [3.05, 3.63) is 23.0 Å². The van der Waals surface area contributed by atoms with Crippen molar-refractivity contribution in [3.8, 4) is 0 Å². The van der Waals surface area contributed by atoms with Gasteiger partial charge in [0.25, 0.3) is 0 Å². The van der Waals surface area contributed by atoms with Gasteiger partial charge in [0.05, 0.1) is 11.3 Å². The van der Waals surface area contributed by atoms with Crippen LogP contribution in [-0.2, 0) is 9.59 Å². The third-order valence-corrected chi connectivity index (χ3v) is 1.94. The molecule has 2 rings (SSSR count). The molecule has 0 bridgehead atoms. The van der Waals surface area contributed by atoms with E-state index in [2.05, 4.69) is 10.2 Å². The van der Waals surface area contributed by atoms with Crippen molar-refractivity contribution in [2.75, 3.05) is 0 Å². The molecule has 1 aliphatic carbocycles. The van der Waals surface area contributed by atoms with Gasteiger partial charge >= 0.3 is 5.97 Å². The Kier molecular flexibility index (Phi) is 1.58.